The second-order valence-corrected chi connectivity index (χ2v) is 5.09. The van der Waals surface area contributed by atoms with Gasteiger partial charge in [0.1, 0.15) is 0 Å². The minimum absolute atomic E-state index is 0.370. The molecule has 1 atom stereocenters. The Morgan fingerprint density at radius 3 is 3.18 bits per heavy atom. The molecule has 1 aromatic heterocycles. The Morgan fingerprint density at radius 2 is 2.47 bits per heavy atom. The Morgan fingerprint density at radius 1 is 1.59 bits per heavy atom. The van der Waals surface area contributed by atoms with Crippen molar-refractivity contribution in [3.63, 3.8) is 0 Å². The van der Waals surface area contributed by atoms with E-state index in [1.54, 1.807) is 0 Å². The van der Waals surface area contributed by atoms with Gasteiger partial charge in [0.25, 0.3) is 0 Å². The molecular weight excluding hydrogens is 216 g/mol. The largest absolute Gasteiger partial charge is 0.379 e. The molecule has 1 saturated heterocycles. The number of nitrogens with zero attached hydrogens (tertiary/aromatic N) is 3. The summed E-state index contributed by atoms with van der Waals surface area (Å²) < 4.78 is 7.40. The lowest BCUT2D eigenvalue weighted by molar-refractivity contribution is 0.0543. The molecule has 0 spiro atoms. The van der Waals surface area contributed by atoms with Gasteiger partial charge in [-0.2, -0.15) is 0 Å². The second kappa shape index (κ2) is 6.12. The van der Waals surface area contributed by atoms with E-state index in [1.165, 1.54) is 0 Å². The molecule has 1 N–H and O–H groups in total. The van der Waals surface area contributed by atoms with Crippen LogP contribution in [0.3, 0.4) is 0 Å². The summed E-state index contributed by atoms with van der Waals surface area (Å²) in [5.41, 5.74) is 1.01. The summed E-state index contributed by atoms with van der Waals surface area (Å²) in [6.45, 7) is 7.85. The number of nitrogens with one attached hydrogen (secondary N) is 1. The molecule has 2 heterocycles. The van der Waals surface area contributed by atoms with Crippen LogP contribution < -0.4 is 5.32 Å². The van der Waals surface area contributed by atoms with Gasteiger partial charge in [0.05, 0.1) is 24.5 Å². The van der Waals surface area contributed by atoms with E-state index in [9.17, 15) is 0 Å². The van der Waals surface area contributed by atoms with Crippen molar-refractivity contribution < 1.29 is 4.74 Å². The second-order valence-electron chi connectivity index (χ2n) is 5.09. The lowest BCUT2D eigenvalue weighted by Gasteiger charge is -2.21. The first kappa shape index (κ1) is 12.5. The summed E-state index contributed by atoms with van der Waals surface area (Å²) in [5, 5.41) is 11.7. The molecule has 0 aromatic carbocycles. The molecule has 0 bridgehead atoms. The topological polar surface area (TPSA) is 52.0 Å². The number of aromatic nitrogens is 3. The first-order valence-corrected chi connectivity index (χ1v) is 6.45. The van der Waals surface area contributed by atoms with Crippen LogP contribution in [-0.2, 0) is 11.3 Å². The monoisotopic (exact) mass is 238 g/mol. The van der Waals surface area contributed by atoms with E-state index in [2.05, 4.69) is 29.5 Å². The van der Waals surface area contributed by atoms with Crippen LogP contribution in [0.25, 0.3) is 0 Å². The molecule has 5 nitrogen and oxygen atoms in total. The van der Waals surface area contributed by atoms with Gasteiger partial charge in [-0.15, -0.1) is 5.10 Å². The highest BCUT2D eigenvalue weighted by Crippen LogP contribution is 2.18. The number of hydrogen-bond acceptors (Lipinski definition) is 4. The van der Waals surface area contributed by atoms with Gasteiger partial charge in [-0.1, -0.05) is 19.1 Å². The molecule has 96 valence electrons. The van der Waals surface area contributed by atoms with Crippen LogP contribution >= 0.6 is 0 Å². The number of hydrogen-bond donors (Lipinski definition) is 1. The van der Waals surface area contributed by atoms with E-state index in [-0.39, 0.29) is 0 Å². The molecule has 0 radical (unpaired) electrons. The van der Waals surface area contributed by atoms with Crippen molar-refractivity contribution in [3.05, 3.63) is 11.9 Å². The molecule has 1 aliphatic heterocycles. The fraction of sp³-hybridized carbons (Fsp3) is 0.833. The maximum atomic E-state index is 5.45. The van der Waals surface area contributed by atoms with Crippen molar-refractivity contribution in [2.45, 2.75) is 39.3 Å². The first-order valence-electron chi connectivity index (χ1n) is 6.45. The van der Waals surface area contributed by atoms with E-state index in [1.807, 2.05) is 10.9 Å². The molecule has 1 unspecified atom stereocenters. The van der Waals surface area contributed by atoms with Gasteiger partial charge in [-0.05, 0) is 25.3 Å². The summed E-state index contributed by atoms with van der Waals surface area (Å²) in [4.78, 5) is 0. The van der Waals surface area contributed by atoms with Crippen LogP contribution in [0.5, 0.6) is 0 Å². The molecule has 0 amide bonds. The minimum Gasteiger partial charge on any atom is -0.379 e. The molecule has 2 rings (SSSR count). The zero-order valence-corrected chi connectivity index (χ0v) is 10.7. The number of ether oxygens (including phenoxy) is 1. The van der Waals surface area contributed by atoms with Crippen molar-refractivity contribution in [2.75, 3.05) is 19.8 Å². The molecule has 1 aromatic rings. The molecule has 0 saturated carbocycles. The van der Waals surface area contributed by atoms with Gasteiger partial charge in [0.2, 0.25) is 0 Å². The lowest BCUT2D eigenvalue weighted by Crippen LogP contribution is -2.21. The Bertz CT molecular complexity index is 331. The van der Waals surface area contributed by atoms with Crippen LogP contribution in [-0.4, -0.2) is 34.8 Å². The van der Waals surface area contributed by atoms with Gasteiger partial charge >= 0.3 is 0 Å². The summed E-state index contributed by atoms with van der Waals surface area (Å²) in [7, 11) is 0. The van der Waals surface area contributed by atoms with Crippen LogP contribution in [0.4, 0.5) is 0 Å². The highest BCUT2D eigenvalue weighted by atomic mass is 16.5. The van der Waals surface area contributed by atoms with Crippen molar-refractivity contribution >= 4 is 0 Å². The van der Waals surface area contributed by atoms with E-state index >= 15 is 0 Å². The Hall–Kier alpha value is -0.940. The van der Waals surface area contributed by atoms with Crippen molar-refractivity contribution in [3.8, 4) is 0 Å². The summed E-state index contributed by atoms with van der Waals surface area (Å²) in [6, 6.07) is 0.370. The fourth-order valence-corrected chi connectivity index (χ4v) is 1.99. The molecule has 5 heteroatoms. The standard InChI is InChI=1S/C12H22N4O/c1-10(2)6-13-7-11-8-16(15-14-11)12-4-3-5-17-9-12/h8,10,12-13H,3-7,9H2,1-2H3. The average Bonchev–Trinajstić information content (AvgIpc) is 2.78. The minimum atomic E-state index is 0.370. The Labute approximate surface area is 103 Å². The van der Waals surface area contributed by atoms with Crippen LogP contribution in [0.1, 0.15) is 38.4 Å². The van der Waals surface area contributed by atoms with Crippen LogP contribution in [0.15, 0.2) is 6.20 Å². The van der Waals surface area contributed by atoms with Gasteiger partial charge in [0, 0.05) is 13.2 Å². The van der Waals surface area contributed by atoms with E-state index < -0.39 is 0 Å². The SMILES string of the molecule is CC(C)CNCc1cn(C2CCCOC2)nn1. The van der Waals surface area contributed by atoms with Gasteiger partial charge < -0.3 is 10.1 Å². The van der Waals surface area contributed by atoms with Crippen LogP contribution in [0.2, 0.25) is 0 Å². The summed E-state index contributed by atoms with van der Waals surface area (Å²) >= 11 is 0. The molecule has 17 heavy (non-hydrogen) atoms. The molecule has 1 fully saturated rings. The van der Waals surface area contributed by atoms with Gasteiger partial charge in [0.15, 0.2) is 0 Å². The highest BCUT2D eigenvalue weighted by molar-refractivity contribution is 4.93. The third-order valence-corrected chi connectivity index (χ3v) is 2.93. The summed E-state index contributed by atoms with van der Waals surface area (Å²) in [5.74, 6) is 0.664. The van der Waals surface area contributed by atoms with E-state index in [4.69, 9.17) is 4.74 Å². The van der Waals surface area contributed by atoms with Gasteiger partial charge in [-0.3, -0.25) is 0 Å². The maximum Gasteiger partial charge on any atom is 0.0964 e. The lowest BCUT2D eigenvalue weighted by atomic mass is 10.1. The predicted octanol–water partition coefficient (Wildman–Crippen LogP) is 1.38. The smallest absolute Gasteiger partial charge is 0.0964 e. The maximum absolute atomic E-state index is 5.45. The third kappa shape index (κ3) is 3.78. The molecule has 1 aliphatic rings. The van der Waals surface area contributed by atoms with Crippen molar-refractivity contribution in [1.29, 1.82) is 0 Å². The average molecular weight is 238 g/mol. The first-order chi connectivity index (χ1) is 8.25. The predicted molar refractivity (Wildman–Crippen MR) is 65.7 cm³/mol. The third-order valence-electron chi connectivity index (χ3n) is 2.93. The Balaban J connectivity index is 1.82. The molecule has 0 aliphatic carbocycles. The van der Waals surface area contributed by atoms with Gasteiger partial charge in [-0.25, -0.2) is 4.68 Å². The number of rotatable bonds is 5. The summed E-state index contributed by atoms with van der Waals surface area (Å²) in [6.07, 6.45) is 4.29. The van der Waals surface area contributed by atoms with Crippen LogP contribution in [0, 0.1) is 5.92 Å². The zero-order valence-electron chi connectivity index (χ0n) is 10.7. The van der Waals surface area contributed by atoms with Crippen molar-refractivity contribution in [2.24, 2.45) is 5.92 Å². The molecular formula is C12H22N4O. The highest BCUT2D eigenvalue weighted by Gasteiger charge is 2.17. The van der Waals surface area contributed by atoms with E-state index in [0.29, 0.717) is 12.0 Å². The van der Waals surface area contributed by atoms with E-state index in [0.717, 1.165) is 44.8 Å². The van der Waals surface area contributed by atoms with Crippen molar-refractivity contribution in [1.82, 2.24) is 20.3 Å². The Kier molecular flexibility index (Phi) is 4.50. The quantitative estimate of drug-likeness (QED) is 0.842. The zero-order chi connectivity index (χ0) is 12.1. The fourth-order valence-electron chi connectivity index (χ4n) is 1.99. The normalized spacial score (nSPS) is 21.0.